The van der Waals surface area contributed by atoms with Gasteiger partial charge in [0.15, 0.2) is 0 Å². The largest absolute Gasteiger partial charge is 0.439 e. The van der Waals surface area contributed by atoms with Gasteiger partial charge in [0.2, 0.25) is 9.84 Å². The zero-order valence-corrected chi connectivity index (χ0v) is 22.4. The number of hydrogen-bond donors (Lipinski definition) is 0. The van der Waals surface area contributed by atoms with Crippen LogP contribution >= 0.6 is 0 Å². The lowest BCUT2D eigenvalue weighted by molar-refractivity contribution is -0.143. The third-order valence-corrected chi connectivity index (χ3v) is 9.02. The average molecular weight is 636 g/mol. The summed E-state index contributed by atoms with van der Waals surface area (Å²) in [5.74, 6) is 0. The van der Waals surface area contributed by atoms with Crippen LogP contribution in [0.1, 0.15) is 52.0 Å². The van der Waals surface area contributed by atoms with Crippen molar-refractivity contribution in [2.75, 3.05) is 0 Å². The molecule has 2 heterocycles. The second-order valence-electron chi connectivity index (χ2n) is 9.93. The predicted octanol–water partition coefficient (Wildman–Crippen LogP) is 8.11. The fraction of sp³-hybridized carbons (Fsp3) is 0.250. The number of fused-ring (bicyclic) bond motifs is 1. The summed E-state index contributed by atoms with van der Waals surface area (Å²) >= 11 is 0. The molecule has 0 unspecified atom stereocenters. The Morgan fingerprint density at radius 3 is 1.93 bits per heavy atom. The second-order valence-corrected chi connectivity index (χ2v) is 11.8. The van der Waals surface area contributed by atoms with Crippen LogP contribution < -0.4 is 0 Å². The number of cyclic esters (lactones) is 1. The number of sulfone groups is 1. The Bertz CT molecular complexity index is 1730. The Hall–Kier alpha value is -4.01. The third-order valence-electron chi connectivity index (χ3n) is 7.15. The zero-order chi connectivity index (χ0) is 31.7. The highest BCUT2D eigenvalue weighted by Crippen LogP contribution is 2.44. The smallest absolute Gasteiger partial charge is 0.416 e. The van der Waals surface area contributed by atoms with Gasteiger partial charge in [0.1, 0.15) is 6.10 Å². The maximum absolute atomic E-state index is 13.6. The van der Waals surface area contributed by atoms with Crippen molar-refractivity contribution in [1.82, 2.24) is 4.90 Å². The van der Waals surface area contributed by atoms with E-state index >= 15 is 0 Å². The molecular formula is C28H18F9NO4S. The molecule has 2 aliphatic rings. The molecule has 0 aromatic heterocycles. The number of benzene rings is 3. The Morgan fingerprint density at radius 1 is 0.791 bits per heavy atom. The van der Waals surface area contributed by atoms with E-state index in [1.54, 1.807) is 6.07 Å². The SMILES string of the molecule is C[C@H]1[C@@H](c2cc(C(F)(F)F)cc(C(F)(F)F)c2)OC(=O)N1Cc1cc(C(F)(F)F)ccc1C1=Cc2ccccc2S1(=O)=O. The fourth-order valence-corrected chi connectivity index (χ4v) is 6.73. The average Bonchev–Trinajstić information content (AvgIpc) is 3.34. The van der Waals surface area contributed by atoms with E-state index in [1.165, 1.54) is 31.2 Å². The molecule has 2 atom stereocenters. The molecule has 1 fully saturated rings. The molecule has 0 saturated carbocycles. The van der Waals surface area contributed by atoms with Crippen molar-refractivity contribution in [3.8, 4) is 0 Å². The van der Waals surface area contributed by atoms with E-state index in [9.17, 15) is 52.7 Å². The van der Waals surface area contributed by atoms with Gasteiger partial charge in [-0.05, 0) is 71.7 Å². The molecule has 1 amide bonds. The van der Waals surface area contributed by atoms with Crippen LogP contribution in [-0.2, 0) is 39.6 Å². The van der Waals surface area contributed by atoms with E-state index < -0.39 is 75.4 Å². The van der Waals surface area contributed by atoms with Crippen LogP contribution in [0.3, 0.4) is 0 Å². The summed E-state index contributed by atoms with van der Waals surface area (Å²) in [5, 5.41) is 0. The maximum Gasteiger partial charge on any atom is 0.416 e. The first-order chi connectivity index (χ1) is 19.8. The van der Waals surface area contributed by atoms with Gasteiger partial charge in [-0.15, -0.1) is 0 Å². The summed E-state index contributed by atoms with van der Waals surface area (Å²) in [5.41, 5.74) is -5.28. The normalized spacial score (nSPS) is 20.2. The number of rotatable bonds is 4. The van der Waals surface area contributed by atoms with Gasteiger partial charge in [0.25, 0.3) is 0 Å². The first-order valence-electron chi connectivity index (χ1n) is 12.3. The van der Waals surface area contributed by atoms with Gasteiger partial charge < -0.3 is 4.74 Å². The molecule has 3 aromatic rings. The van der Waals surface area contributed by atoms with Crippen molar-refractivity contribution in [3.05, 3.63) is 99.6 Å². The van der Waals surface area contributed by atoms with E-state index in [0.717, 1.165) is 11.0 Å². The first-order valence-corrected chi connectivity index (χ1v) is 13.8. The molecule has 2 aliphatic heterocycles. The Balaban J connectivity index is 1.56. The molecule has 0 radical (unpaired) electrons. The van der Waals surface area contributed by atoms with Crippen LogP contribution in [0.4, 0.5) is 44.3 Å². The zero-order valence-electron chi connectivity index (χ0n) is 21.6. The molecule has 15 heteroatoms. The quantitative estimate of drug-likeness (QED) is 0.272. The highest BCUT2D eigenvalue weighted by atomic mass is 32.2. The van der Waals surface area contributed by atoms with Crippen LogP contribution in [0, 0.1) is 0 Å². The minimum atomic E-state index is -5.17. The van der Waals surface area contributed by atoms with E-state index in [2.05, 4.69) is 0 Å². The number of alkyl halides is 9. The number of halogens is 9. The number of hydrogen-bond acceptors (Lipinski definition) is 4. The molecule has 5 rings (SSSR count). The summed E-state index contributed by atoms with van der Waals surface area (Å²) in [6, 6.07) is 7.47. The van der Waals surface area contributed by atoms with Crippen LogP contribution in [-0.4, -0.2) is 25.5 Å². The Labute approximate surface area is 238 Å². The van der Waals surface area contributed by atoms with Gasteiger partial charge in [-0.3, -0.25) is 4.90 Å². The molecule has 0 N–H and O–H groups in total. The maximum atomic E-state index is 13.6. The lowest BCUT2D eigenvalue weighted by Gasteiger charge is -2.24. The summed E-state index contributed by atoms with van der Waals surface area (Å²) in [6.45, 7) is 0.530. The number of ether oxygens (including phenoxy) is 1. The van der Waals surface area contributed by atoms with Crippen molar-refractivity contribution >= 4 is 26.9 Å². The number of carbonyl (C=O) groups excluding carboxylic acids is 1. The number of carbonyl (C=O) groups is 1. The topological polar surface area (TPSA) is 63.7 Å². The van der Waals surface area contributed by atoms with Crippen molar-refractivity contribution in [1.29, 1.82) is 0 Å². The van der Waals surface area contributed by atoms with Crippen molar-refractivity contribution in [3.63, 3.8) is 0 Å². The molecule has 5 nitrogen and oxygen atoms in total. The van der Waals surface area contributed by atoms with Gasteiger partial charge in [0.05, 0.1) is 39.1 Å². The highest BCUT2D eigenvalue weighted by Gasteiger charge is 2.44. The molecule has 3 aromatic carbocycles. The number of amides is 1. The lowest BCUT2D eigenvalue weighted by Crippen LogP contribution is -2.32. The monoisotopic (exact) mass is 635 g/mol. The van der Waals surface area contributed by atoms with Crippen molar-refractivity contribution in [2.45, 2.75) is 49.0 Å². The van der Waals surface area contributed by atoms with Gasteiger partial charge in [0, 0.05) is 0 Å². The van der Waals surface area contributed by atoms with Gasteiger partial charge in [-0.2, -0.15) is 39.5 Å². The predicted molar refractivity (Wildman–Crippen MR) is 134 cm³/mol. The Morgan fingerprint density at radius 2 is 1.37 bits per heavy atom. The first kappa shape index (κ1) is 30.4. The molecule has 228 valence electrons. The minimum Gasteiger partial charge on any atom is -0.439 e. The van der Waals surface area contributed by atoms with E-state index in [0.29, 0.717) is 24.3 Å². The fourth-order valence-electron chi connectivity index (χ4n) is 5.03. The Kier molecular flexibility index (Phi) is 7.10. The van der Waals surface area contributed by atoms with E-state index in [1.807, 2.05) is 0 Å². The van der Waals surface area contributed by atoms with E-state index in [4.69, 9.17) is 4.74 Å². The van der Waals surface area contributed by atoms with Crippen LogP contribution in [0.2, 0.25) is 0 Å². The number of nitrogens with zero attached hydrogens (tertiary/aromatic N) is 1. The minimum absolute atomic E-state index is 0.0881. The molecule has 0 bridgehead atoms. The van der Waals surface area contributed by atoms with Gasteiger partial charge in [-0.1, -0.05) is 24.3 Å². The standard InChI is InChI=1S/C28H18F9NO4S/c1-14-24(16-8-19(27(32,33)34)12-20(9-16)28(35,36)37)42-25(39)38(14)13-17-10-18(26(29,30)31)6-7-21(17)23-11-15-4-2-3-5-22(15)43(23,40)41/h2-12,14,24H,13H2,1H3/t14-,24-/m0/s1. The molecular weight excluding hydrogens is 617 g/mol. The lowest BCUT2D eigenvalue weighted by atomic mass is 9.96. The highest BCUT2D eigenvalue weighted by molar-refractivity contribution is 8.01. The summed E-state index contributed by atoms with van der Waals surface area (Å²) in [6.07, 6.45) is -16.9. The van der Waals surface area contributed by atoms with Crippen molar-refractivity contribution in [2.24, 2.45) is 0 Å². The van der Waals surface area contributed by atoms with Crippen LogP contribution in [0.15, 0.2) is 65.6 Å². The molecule has 0 spiro atoms. The van der Waals surface area contributed by atoms with Gasteiger partial charge >= 0.3 is 24.6 Å². The van der Waals surface area contributed by atoms with Crippen LogP contribution in [0.25, 0.3) is 11.0 Å². The molecule has 43 heavy (non-hydrogen) atoms. The van der Waals surface area contributed by atoms with E-state index in [-0.39, 0.29) is 32.6 Å². The third kappa shape index (κ3) is 5.57. The molecule has 1 saturated heterocycles. The van der Waals surface area contributed by atoms with Gasteiger partial charge in [-0.25, -0.2) is 13.2 Å². The summed E-state index contributed by atoms with van der Waals surface area (Å²) in [7, 11) is -4.19. The summed E-state index contributed by atoms with van der Waals surface area (Å²) in [4.78, 5) is 13.2. The van der Waals surface area contributed by atoms with Crippen molar-refractivity contribution < 1.29 is 57.5 Å². The van der Waals surface area contributed by atoms with Crippen LogP contribution in [0.5, 0.6) is 0 Å². The molecule has 0 aliphatic carbocycles. The second kappa shape index (κ2) is 10.0. The summed E-state index contributed by atoms with van der Waals surface area (Å²) < 4.78 is 153.